The van der Waals surface area contributed by atoms with Gasteiger partial charge >= 0.3 is 6.09 Å². The number of hydrogen-bond donors (Lipinski definition) is 2. The van der Waals surface area contributed by atoms with Gasteiger partial charge in [0.2, 0.25) is 0 Å². The summed E-state index contributed by atoms with van der Waals surface area (Å²) >= 11 is 6.03. The Morgan fingerprint density at radius 1 is 1.48 bits per heavy atom. The van der Waals surface area contributed by atoms with Crippen LogP contribution in [0.5, 0.6) is 0 Å². The molecule has 0 saturated carbocycles. The number of amides is 1. The van der Waals surface area contributed by atoms with Crippen molar-refractivity contribution in [3.05, 3.63) is 34.6 Å². The van der Waals surface area contributed by atoms with Crippen molar-refractivity contribution < 1.29 is 19.0 Å². The van der Waals surface area contributed by atoms with E-state index in [-0.39, 0.29) is 17.5 Å². The van der Waals surface area contributed by atoms with Gasteiger partial charge in [0.25, 0.3) is 0 Å². The van der Waals surface area contributed by atoms with Crippen LogP contribution < -0.4 is 5.32 Å². The van der Waals surface area contributed by atoms with Gasteiger partial charge in [-0.1, -0.05) is 17.7 Å². The van der Waals surface area contributed by atoms with Gasteiger partial charge in [-0.2, -0.15) is 0 Å². The highest BCUT2D eigenvalue weighted by Crippen LogP contribution is 2.36. The summed E-state index contributed by atoms with van der Waals surface area (Å²) in [6.07, 6.45) is 1.46. The largest absolute Gasteiger partial charge is 0.465 e. The molecular formula is C16H20ClFN2O3. The van der Waals surface area contributed by atoms with Crippen molar-refractivity contribution in [1.29, 1.82) is 0 Å². The third kappa shape index (κ3) is 3.76. The molecule has 23 heavy (non-hydrogen) atoms. The van der Waals surface area contributed by atoms with E-state index in [0.717, 1.165) is 24.8 Å². The summed E-state index contributed by atoms with van der Waals surface area (Å²) in [6, 6.07) is 4.60. The second-order valence-electron chi connectivity index (χ2n) is 6.28. The van der Waals surface area contributed by atoms with Gasteiger partial charge in [0.05, 0.1) is 12.2 Å². The minimum absolute atomic E-state index is 0.201. The summed E-state index contributed by atoms with van der Waals surface area (Å²) in [4.78, 5) is 12.4. The number of nitrogens with one attached hydrogen (secondary N) is 1. The first-order valence-electron chi connectivity index (χ1n) is 7.77. The van der Waals surface area contributed by atoms with E-state index >= 15 is 0 Å². The van der Waals surface area contributed by atoms with Crippen molar-refractivity contribution in [2.45, 2.75) is 37.5 Å². The average Bonchev–Trinajstić information content (AvgIpc) is 2.90. The molecule has 0 aromatic heterocycles. The number of rotatable bonds is 3. The van der Waals surface area contributed by atoms with E-state index in [4.69, 9.17) is 21.4 Å². The molecule has 126 valence electrons. The van der Waals surface area contributed by atoms with Crippen molar-refractivity contribution in [2.75, 3.05) is 19.7 Å². The predicted octanol–water partition coefficient (Wildman–Crippen LogP) is 2.87. The van der Waals surface area contributed by atoms with Gasteiger partial charge in [-0.3, -0.25) is 0 Å². The monoisotopic (exact) mass is 342 g/mol. The summed E-state index contributed by atoms with van der Waals surface area (Å²) in [5.41, 5.74) is 0.644. The summed E-state index contributed by atoms with van der Waals surface area (Å²) in [5.74, 6) is -0.341. The molecule has 7 heteroatoms. The van der Waals surface area contributed by atoms with Gasteiger partial charge in [-0.05, 0) is 37.0 Å². The number of likely N-dealkylation sites (tertiary alicyclic amines) is 1. The fourth-order valence-corrected chi connectivity index (χ4v) is 3.58. The summed E-state index contributed by atoms with van der Waals surface area (Å²) in [5, 5.41) is 12.8. The number of hydrogen-bond acceptors (Lipinski definition) is 3. The Labute approximate surface area is 139 Å². The number of ether oxygens (including phenoxy) is 1. The van der Waals surface area contributed by atoms with Crippen molar-refractivity contribution in [1.82, 2.24) is 10.2 Å². The molecule has 0 radical (unpaired) electrons. The normalized spacial score (nSPS) is 23.4. The zero-order valence-corrected chi connectivity index (χ0v) is 13.5. The molecule has 2 aliphatic rings. The number of piperidine rings is 1. The number of carbonyl (C=O) groups is 1. The van der Waals surface area contributed by atoms with Gasteiger partial charge in [0.15, 0.2) is 0 Å². The molecule has 1 unspecified atom stereocenters. The summed E-state index contributed by atoms with van der Waals surface area (Å²) in [7, 11) is 0. The fraction of sp³-hybridized carbons (Fsp3) is 0.562. The van der Waals surface area contributed by atoms with Crippen LogP contribution in [0.1, 0.15) is 24.8 Å². The zero-order chi connectivity index (χ0) is 16.4. The van der Waals surface area contributed by atoms with Crippen molar-refractivity contribution >= 4 is 17.7 Å². The Morgan fingerprint density at radius 3 is 2.87 bits per heavy atom. The van der Waals surface area contributed by atoms with Gasteiger partial charge in [0, 0.05) is 30.7 Å². The van der Waals surface area contributed by atoms with Gasteiger partial charge in [-0.15, -0.1) is 0 Å². The molecular weight excluding hydrogens is 323 g/mol. The van der Waals surface area contributed by atoms with Crippen LogP contribution in [0.15, 0.2) is 18.2 Å². The minimum atomic E-state index is -0.863. The highest BCUT2D eigenvalue weighted by Gasteiger charge is 2.43. The molecule has 0 bridgehead atoms. The smallest absolute Gasteiger partial charge is 0.407 e. The van der Waals surface area contributed by atoms with Gasteiger partial charge in [0.1, 0.15) is 5.82 Å². The number of carboxylic acid groups (broad SMARTS) is 1. The van der Waals surface area contributed by atoms with Gasteiger partial charge < -0.3 is 20.1 Å². The lowest BCUT2D eigenvalue weighted by atomic mass is 9.87. The first-order valence-corrected chi connectivity index (χ1v) is 8.14. The lowest BCUT2D eigenvalue weighted by Crippen LogP contribution is -2.46. The summed E-state index contributed by atoms with van der Waals surface area (Å²) in [6.45, 7) is 2.20. The van der Waals surface area contributed by atoms with E-state index in [1.165, 1.54) is 17.0 Å². The number of benzene rings is 1. The van der Waals surface area contributed by atoms with Crippen LogP contribution in [0.2, 0.25) is 5.02 Å². The maximum atomic E-state index is 13.0. The van der Waals surface area contributed by atoms with Crippen LogP contribution in [0.25, 0.3) is 0 Å². The SMILES string of the molecule is O=C(O)N1CCC2(CC1)CC(NCc1ccc(F)cc1Cl)CO2. The minimum Gasteiger partial charge on any atom is -0.465 e. The fourth-order valence-electron chi connectivity index (χ4n) is 3.35. The molecule has 5 nitrogen and oxygen atoms in total. The quantitative estimate of drug-likeness (QED) is 0.886. The molecule has 2 saturated heterocycles. The maximum absolute atomic E-state index is 13.0. The van der Waals surface area contributed by atoms with Crippen LogP contribution in [-0.2, 0) is 11.3 Å². The average molecular weight is 343 g/mol. The molecule has 2 heterocycles. The van der Waals surface area contributed by atoms with E-state index in [9.17, 15) is 9.18 Å². The molecule has 0 aliphatic carbocycles. The maximum Gasteiger partial charge on any atom is 0.407 e. The Balaban J connectivity index is 1.51. The second kappa shape index (κ2) is 6.63. The van der Waals surface area contributed by atoms with Crippen molar-refractivity contribution in [3.63, 3.8) is 0 Å². The third-order valence-electron chi connectivity index (χ3n) is 4.75. The second-order valence-corrected chi connectivity index (χ2v) is 6.69. The van der Waals surface area contributed by atoms with E-state index in [1.54, 1.807) is 6.07 Å². The van der Waals surface area contributed by atoms with E-state index < -0.39 is 6.09 Å². The summed E-state index contributed by atoms with van der Waals surface area (Å²) < 4.78 is 19.0. The first kappa shape index (κ1) is 16.5. The molecule has 1 aromatic rings. The molecule has 1 atom stereocenters. The topological polar surface area (TPSA) is 61.8 Å². The molecule has 2 N–H and O–H groups in total. The van der Waals surface area contributed by atoms with Crippen LogP contribution in [0.4, 0.5) is 9.18 Å². The predicted molar refractivity (Wildman–Crippen MR) is 84.2 cm³/mol. The van der Waals surface area contributed by atoms with E-state index in [1.807, 2.05) is 0 Å². The lowest BCUT2D eigenvalue weighted by molar-refractivity contribution is -0.0395. The Morgan fingerprint density at radius 2 is 2.22 bits per heavy atom. The Bertz CT molecular complexity index is 591. The van der Waals surface area contributed by atoms with Crippen molar-refractivity contribution in [2.24, 2.45) is 0 Å². The Hall–Kier alpha value is -1.37. The standard InChI is InChI=1S/C16H20ClFN2O3/c17-14-7-12(18)2-1-11(14)9-19-13-8-16(23-10-13)3-5-20(6-4-16)15(21)22/h1-2,7,13,19H,3-6,8-10H2,(H,21,22). The lowest BCUT2D eigenvalue weighted by Gasteiger charge is -2.37. The van der Waals surface area contributed by atoms with Crippen LogP contribution in [-0.4, -0.2) is 47.4 Å². The van der Waals surface area contributed by atoms with Crippen LogP contribution in [0, 0.1) is 5.82 Å². The van der Waals surface area contributed by atoms with Crippen LogP contribution >= 0.6 is 11.6 Å². The molecule has 3 rings (SSSR count). The molecule has 1 amide bonds. The Kier molecular flexibility index (Phi) is 4.75. The van der Waals surface area contributed by atoms with Crippen LogP contribution in [0.3, 0.4) is 0 Å². The molecule has 2 aliphatic heterocycles. The molecule has 1 spiro atoms. The zero-order valence-electron chi connectivity index (χ0n) is 12.7. The highest BCUT2D eigenvalue weighted by molar-refractivity contribution is 6.31. The highest BCUT2D eigenvalue weighted by atomic mass is 35.5. The van der Waals surface area contributed by atoms with Crippen molar-refractivity contribution in [3.8, 4) is 0 Å². The van der Waals surface area contributed by atoms with E-state index in [2.05, 4.69) is 5.32 Å². The van der Waals surface area contributed by atoms with Gasteiger partial charge in [-0.25, -0.2) is 9.18 Å². The van der Waals surface area contributed by atoms with E-state index in [0.29, 0.717) is 31.3 Å². The molecule has 1 aromatic carbocycles. The number of halogens is 2. The number of nitrogens with zero attached hydrogens (tertiary/aromatic N) is 1. The first-order chi connectivity index (χ1) is 11.0. The molecule has 2 fully saturated rings. The third-order valence-corrected chi connectivity index (χ3v) is 5.10.